The van der Waals surface area contributed by atoms with Crippen molar-refractivity contribution in [2.75, 3.05) is 19.9 Å². The zero-order valence-corrected chi connectivity index (χ0v) is 15.2. The summed E-state index contributed by atoms with van der Waals surface area (Å²) in [6.45, 7) is 3.04. The maximum atomic E-state index is 12.6. The Morgan fingerprint density at radius 1 is 1.15 bits per heavy atom. The number of hydrogen-bond donors (Lipinski definition) is 1. The van der Waals surface area contributed by atoms with Crippen LogP contribution in [0.3, 0.4) is 0 Å². The van der Waals surface area contributed by atoms with E-state index >= 15 is 0 Å². The third-order valence-electron chi connectivity index (χ3n) is 4.86. The predicted octanol–water partition coefficient (Wildman–Crippen LogP) is 3.46. The van der Waals surface area contributed by atoms with Gasteiger partial charge in [-0.2, -0.15) is 0 Å². The summed E-state index contributed by atoms with van der Waals surface area (Å²) in [7, 11) is 0. The molecule has 136 valence electrons. The van der Waals surface area contributed by atoms with Gasteiger partial charge < -0.3 is 14.8 Å². The van der Waals surface area contributed by atoms with Gasteiger partial charge in [0, 0.05) is 31.2 Å². The first-order valence-corrected chi connectivity index (χ1v) is 9.23. The molecule has 2 aromatic rings. The quantitative estimate of drug-likeness (QED) is 0.893. The van der Waals surface area contributed by atoms with Crippen LogP contribution >= 0.6 is 11.6 Å². The van der Waals surface area contributed by atoms with Crippen molar-refractivity contribution in [3.63, 3.8) is 0 Å². The lowest BCUT2D eigenvalue weighted by molar-refractivity contribution is 0.0908. The number of amides is 1. The van der Waals surface area contributed by atoms with Crippen LogP contribution in [0.15, 0.2) is 42.5 Å². The van der Waals surface area contributed by atoms with Gasteiger partial charge in [-0.05, 0) is 30.5 Å². The predicted molar refractivity (Wildman–Crippen MR) is 99.8 cm³/mol. The van der Waals surface area contributed by atoms with Crippen molar-refractivity contribution in [3.8, 4) is 11.5 Å². The summed E-state index contributed by atoms with van der Waals surface area (Å²) < 4.78 is 10.6. The number of benzene rings is 2. The molecule has 0 bridgehead atoms. The largest absolute Gasteiger partial charge is 0.454 e. The second kappa shape index (κ2) is 7.56. The summed E-state index contributed by atoms with van der Waals surface area (Å²) >= 11 is 6.17. The molecule has 2 aromatic carbocycles. The molecule has 0 atom stereocenters. The summed E-state index contributed by atoms with van der Waals surface area (Å²) in [5, 5.41) is 3.52. The number of likely N-dealkylation sites (tertiary alicyclic amines) is 1. The van der Waals surface area contributed by atoms with Gasteiger partial charge in [-0.25, -0.2) is 0 Å². The van der Waals surface area contributed by atoms with Gasteiger partial charge in [0.05, 0.1) is 5.02 Å². The zero-order chi connectivity index (χ0) is 17.9. The Morgan fingerprint density at radius 2 is 1.92 bits per heavy atom. The van der Waals surface area contributed by atoms with Gasteiger partial charge in [0.2, 0.25) is 6.79 Å². The molecule has 0 spiro atoms. The Morgan fingerprint density at radius 3 is 2.69 bits per heavy atom. The SMILES string of the molecule is O=C(NC1CCN(Cc2ccccc2)CC1)c1cc(Cl)c2c(c1)OCO2. The van der Waals surface area contributed by atoms with E-state index in [9.17, 15) is 4.79 Å². The molecular weight excluding hydrogens is 352 g/mol. The van der Waals surface area contributed by atoms with Crippen LogP contribution in [-0.4, -0.2) is 36.7 Å². The fourth-order valence-electron chi connectivity index (χ4n) is 3.44. The minimum absolute atomic E-state index is 0.119. The van der Waals surface area contributed by atoms with Crippen molar-refractivity contribution in [3.05, 3.63) is 58.6 Å². The number of piperidine rings is 1. The fraction of sp³-hybridized carbons (Fsp3) is 0.350. The Labute approximate surface area is 157 Å². The van der Waals surface area contributed by atoms with E-state index in [1.807, 2.05) is 6.07 Å². The van der Waals surface area contributed by atoms with Gasteiger partial charge in [0.15, 0.2) is 11.5 Å². The van der Waals surface area contributed by atoms with Gasteiger partial charge >= 0.3 is 0 Å². The summed E-state index contributed by atoms with van der Waals surface area (Å²) in [4.78, 5) is 15.0. The lowest BCUT2D eigenvalue weighted by atomic mass is 10.0. The highest BCUT2D eigenvalue weighted by Crippen LogP contribution is 2.39. The molecule has 1 saturated heterocycles. The standard InChI is InChI=1S/C20H21ClN2O3/c21-17-10-15(11-18-19(17)26-13-25-18)20(24)22-16-6-8-23(9-7-16)12-14-4-2-1-3-5-14/h1-5,10-11,16H,6-9,12-13H2,(H,22,24). The Hall–Kier alpha value is -2.24. The van der Waals surface area contributed by atoms with Crippen LogP contribution < -0.4 is 14.8 Å². The minimum Gasteiger partial charge on any atom is -0.454 e. The van der Waals surface area contributed by atoms with E-state index in [2.05, 4.69) is 34.5 Å². The number of carbonyl (C=O) groups is 1. The molecule has 2 aliphatic heterocycles. The first-order valence-electron chi connectivity index (χ1n) is 8.85. The number of nitrogens with one attached hydrogen (secondary N) is 1. The molecule has 0 aliphatic carbocycles. The average molecular weight is 373 g/mol. The summed E-state index contributed by atoms with van der Waals surface area (Å²) in [5.41, 5.74) is 1.83. The molecule has 2 heterocycles. The number of hydrogen-bond acceptors (Lipinski definition) is 4. The maximum absolute atomic E-state index is 12.6. The van der Waals surface area contributed by atoms with Crippen LogP contribution in [0, 0.1) is 0 Å². The lowest BCUT2D eigenvalue weighted by Gasteiger charge is -2.32. The van der Waals surface area contributed by atoms with Gasteiger partial charge in [-0.1, -0.05) is 41.9 Å². The van der Waals surface area contributed by atoms with Crippen molar-refractivity contribution >= 4 is 17.5 Å². The highest BCUT2D eigenvalue weighted by atomic mass is 35.5. The van der Waals surface area contributed by atoms with Crippen molar-refractivity contribution in [2.24, 2.45) is 0 Å². The van der Waals surface area contributed by atoms with Gasteiger partial charge in [0.25, 0.3) is 5.91 Å². The van der Waals surface area contributed by atoms with Crippen LogP contribution in [0.2, 0.25) is 5.02 Å². The number of nitrogens with zero attached hydrogens (tertiary/aromatic N) is 1. The van der Waals surface area contributed by atoms with Crippen LogP contribution in [-0.2, 0) is 6.54 Å². The fourth-order valence-corrected chi connectivity index (χ4v) is 3.71. The number of halogens is 1. The number of fused-ring (bicyclic) bond motifs is 1. The molecule has 1 amide bonds. The molecular formula is C20H21ClN2O3. The number of carbonyl (C=O) groups excluding carboxylic acids is 1. The van der Waals surface area contributed by atoms with Crippen LogP contribution in [0.25, 0.3) is 0 Å². The second-order valence-electron chi connectivity index (χ2n) is 6.70. The maximum Gasteiger partial charge on any atom is 0.251 e. The van der Waals surface area contributed by atoms with Gasteiger partial charge in [-0.15, -0.1) is 0 Å². The zero-order valence-electron chi connectivity index (χ0n) is 14.4. The van der Waals surface area contributed by atoms with E-state index in [1.54, 1.807) is 12.1 Å². The van der Waals surface area contributed by atoms with E-state index in [-0.39, 0.29) is 18.7 Å². The van der Waals surface area contributed by atoms with E-state index in [1.165, 1.54) is 5.56 Å². The van der Waals surface area contributed by atoms with Crippen LogP contribution in [0.4, 0.5) is 0 Å². The van der Waals surface area contributed by atoms with Gasteiger partial charge in [-0.3, -0.25) is 9.69 Å². The smallest absolute Gasteiger partial charge is 0.251 e. The first-order chi connectivity index (χ1) is 12.7. The number of rotatable bonds is 4. The molecule has 0 aromatic heterocycles. The topological polar surface area (TPSA) is 50.8 Å². The molecule has 4 rings (SSSR count). The van der Waals surface area contributed by atoms with Crippen molar-refractivity contribution in [2.45, 2.75) is 25.4 Å². The van der Waals surface area contributed by atoms with E-state index in [0.29, 0.717) is 22.1 Å². The van der Waals surface area contributed by atoms with Gasteiger partial charge in [0.1, 0.15) is 0 Å². The third-order valence-corrected chi connectivity index (χ3v) is 5.14. The molecule has 6 heteroatoms. The van der Waals surface area contributed by atoms with Crippen molar-refractivity contribution in [1.29, 1.82) is 0 Å². The molecule has 0 radical (unpaired) electrons. The molecule has 0 saturated carbocycles. The summed E-state index contributed by atoms with van der Waals surface area (Å²) in [6.07, 6.45) is 1.88. The van der Waals surface area contributed by atoms with E-state index < -0.39 is 0 Å². The Balaban J connectivity index is 1.32. The van der Waals surface area contributed by atoms with Crippen LogP contribution in [0.5, 0.6) is 11.5 Å². The first kappa shape index (κ1) is 17.2. The number of ether oxygens (including phenoxy) is 2. The van der Waals surface area contributed by atoms with E-state index in [4.69, 9.17) is 21.1 Å². The van der Waals surface area contributed by atoms with Crippen molar-refractivity contribution < 1.29 is 14.3 Å². The van der Waals surface area contributed by atoms with Crippen molar-refractivity contribution in [1.82, 2.24) is 10.2 Å². The minimum atomic E-state index is -0.119. The molecule has 5 nitrogen and oxygen atoms in total. The van der Waals surface area contributed by atoms with Crippen LogP contribution in [0.1, 0.15) is 28.8 Å². The molecule has 2 aliphatic rings. The molecule has 0 unspecified atom stereocenters. The summed E-state index contributed by atoms with van der Waals surface area (Å²) in [6, 6.07) is 14.0. The Kier molecular flexibility index (Phi) is 5.00. The third kappa shape index (κ3) is 3.79. The lowest BCUT2D eigenvalue weighted by Crippen LogP contribution is -2.44. The molecule has 1 fully saturated rings. The van der Waals surface area contributed by atoms with E-state index in [0.717, 1.165) is 32.5 Å². The summed E-state index contributed by atoms with van der Waals surface area (Å²) in [5.74, 6) is 0.921. The second-order valence-corrected chi connectivity index (χ2v) is 7.11. The Bertz CT molecular complexity index is 789. The highest BCUT2D eigenvalue weighted by Gasteiger charge is 2.24. The molecule has 1 N–H and O–H groups in total. The molecule has 26 heavy (non-hydrogen) atoms. The highest BCUT2D eigenvalue weighted by molar-refractivity contribution is 6.32. The average Bonchev–Trinajstić information content (AvgIpc) is 3.13. The normalized spacial score (nSPS) is 17.3. The monoisotopic (exact) mass is 372 g/mol.